The Bertz CT molecular complexity index is 643. The van der Waals surface area contributed by atoms with Crippen molar-refractivity contribution < 1.29 is 14.2 Å². The Hall–Kier alpha value is -2.20. The second-order valence-corrected chi connectivity index (χ2v) is 5.75. The first-order chi connectivity index (χ1) is 11.7. The smallest absolute Gasteiger partial charge is 0.160 e. The van der Waals surface area contributed by atoms with Crippen LogP contribution >= 0.6 is 0 Å². The van der Waals surface area contributed by atoms with Crippen LogP contribution in [0.1, 0.15) is 30.4 Å². The minimum atomic E-state index is 0.214. The quantitative estimate of drug-likeness (QED) is 0.761. The van der Waals surface area contributed by atoms with Crippen molar-refractivity contribution in [2.45, 2.75) is 25.7 Å². The summed E-state index contributed by atoms with van der Waals surface area (Å²) in [5.41, 5.74) is 8.39. The van der Waals surface area contributed by atoms with Gasteiger partial charge in [-0.1, -0.05) is 25.1 Å². The van der Waals surface area contributed by atoms with E-state index in [2.05, 4.69) is 25.1 Å². The standard InChI is InChI=1S/C20H27NO3/c1-4-10-24-18-7-5-6-15(12-18)11-17(14-21)16-8-9-19(22-2)20(13-16)23-3/h5-9,12-13,17H,4,10-11,14,21H2,1-3H3. The second kappa shape index (κ2) is 9.18. The summed E-state index contributed by atoms with van der Waals surface area (Å²) in [6.07, 6.45) is 1.86. The molecule has 0 saturated heterocycles. The van der Waals surface area contributed by atoms with Gasteiger partial charge < -0.3 is 19.9 Å². The van der Waals surface area contributed by atoms with Crippen molar-refractivity contribution in [3.05, 3.63) is 53.6 Å². The van der Waals surface area contributed by atoms with E-state index < -0.39 is 0 Å². The number of ether oxygens (including phenoxy) is 3. The minimum absolute atomic E-state index is 0.214. The van der Waals surface area contributed by atoms with Gasteiger partial charge in [-0.05, 0) is 54.8 Å². The van der Waals surface area contributed by atoms with Gasteiger partial charge in [-0.3, -0.25) is 0 Å². The van der Waals surface area contributed by atoms with Gasteiger partial charge in [-0.15, -0.1) is 0 Å². The minimum Gasteiger partial charge on any atom is -0.494 e. The molecular formula is C20H27NO3. The molecule has 1 atom stereocenters. The van der Waals surface area contributed by atoms with E-state index in [9.17, 15) is 0 Å². The third-order valence-electron chi connectivity index (χ3n) is 4.02. The van der Waals surface area contributed by atoms with Crippen LogP contribution in [0, 0.1) is 0 Å². The van der Waals surface area contributed by atoms with Crippen LogP contribution in [0.25, 0.3) is 0 Å². The zero-order chi connectivity index (χ0) is 17.4. The molecule has 0 aliphatic heterocycles. The second-order valence-electron chi connectivity index (χ2n) is 5.75. The summed E-state index contributed by atoms with van der Waals surface area (Å²) in [4.78, 5) is 0. The highest BCUT2D eigenvalue weighted by Gasteiger charge is 2.14. The zero-order valence-corrected chi connectivity index (χ0v) is 14.7. The molecule has 0 saturated carbocycles. The van der Waals surface area contributed by atoms with Crippen molar-refractivity contribution in [1.29, 1.82) is 0 Å². The molecule has 0 aliphatic rings. The maximum atomic E-state index is 6.03. The lowest BCUT2D eigenvalue weighted by Gasteiger charge is -2.18. The molecule has 0 bridgehead atoms. The van der Waals surface area contributed by atoms with Gasteiger partial charge in [0.05, 0.1) is 20.8 Å². The lowest BCUT2D eigenvalue weighted by molar-refractivity contribution is 0.317. The largest absolute Gasteiger partial charge is 0.494 e. The molecule has 2 aromatic rings. The predicted octanol–water partition coefficient (Wildman–Crippen LogP) is 3.78. The van der Waals surface area contributed by atoms with Crippen LogP contribution in [0.5, 0.6) is 17.2 Å². The number of benzene rings is 2. The molecule has 24 heavy (non-hydrogen) atoms. The van der Waals surface area contributed by atoms with Crippen molar-refractivity contribution in [2.24, 2.45) is 5.73 Å². The number of nitrogens with two attached hydrogens (primary N) is 1. The summed E-state index contributed by atoms with van der Waals surface area (Å²) in [6.45, 7) is 3.40. The number of hydrogen-bond donors (Lipinski definition) is 1. The van der Waals surface area contributed by atoms with E-state index in [0.717, 1.165) is 42.3 Å². The van der Waals surface area contributed by atoms with Crippen molar-refractivity contribution >= 4 is 0 Å². The average Bonchev–Trinajstić information content (AvgIpc) is 2.64. The van der Waals surface area contributed by atoms with E-state index in [1.807, 2.05) is 24.3 Å². The van der Waals surface area contributed by atoms with Crippen LogP contribution in [0.4, 0.5) is 0 Å². The van der Waals surface area contributed by atoms with Crippen molar-refractivity contribution in [1.82, 2.24) is 0 Å². The van der Waals surface area contributed by atoms with Crippen LogP contribution in [-0.2, 0) is 6.42 Å². The normalized spacial score (nSPS) is 11.8. The van der Waals surface area contributed by atoms with Gasteiger partial charge in [0.15, 0.2) is 11.5 Å². The molecule has 0 amide bonds. The third kappa shape index (κ3) is 4.65. The molecule has 130 valence electrons. The van der Waals surface area contributed by atoms with Crippen molar-refractivity contribution in [2.75, 3.05) is 27.4 Å². The fourth-order valence-electron chi connectivity index (χ4n) is 2.71. The Morgan fingerprint density at radius 2 is 1.79 bits per heavy atom. The molecule has 2 aromatic carbocycles. The maximum Gasteiger partial charge on any atom is 0.160 e. The molecule has 0 aliphatic carbocycles. The molecule has 4 heteroatoms. The molecule has 0 heterocycles. The van der Waals surface area contributed by atoms with Crippen LogP contribution in [0.3, 0.4) is 0 Å². The molecule has 2 rings (SSSR count). The van der Waals surface area contributed by atoms with E-state index in [4.69, 9.17) is 19.9 Å². The number of methoxy groups -OCH3 is 2. The Morgan fingerprint density at radius 1 is 1.00 bits per heavy atom. The van der Waals surface area contributed by atoms with Gasteiger partial charge >= 0.3 is 0 Å². The van der Waals surface area contributed by atoms with Gasteiger partial charge in [-0.2, -0.15) is 0 Å². The van der Waals surface area contributed by atoms with Crippen molar-refractivity contribution in [3.8, 4) is 17.2 Å². The summed E-state index contributed by atoms with van der Waals surface area (Å²) >= 11 is 0. The van der Waals surface area contributed by atoms with Crippen LogP contribution < -0.4 is 19.9 Å². The highest BCUT2D eigenvalue weighted by atomic mass is 16.5. The van der Waals surface area contributed by atoms with Crippen LogP contribution in [0.2, 0.25) is 0 Å². The maximum absolute atomic E-state index is 6.03. The molecule has 0 radical (unpaired) electrons. The van der Waals surface area contributed by atoms with E-state index in [0.29, 0.717) is 6.54 Å². The van der Waals surface area contributed by atoms with Gasteiger partial charge in [0, 0.05) is 5.92 Å². The van der Waals surface area contributed by atoms with Crippen molar-refractivity contribution in [3.63, 3.8) is 0 Å². The topological polar surface area (TPSA) is 53.7 Å². The molecule has 1 unspecified atom stereocenters. The lowest BCUT2D eigenvalue weighted by atomic mass is 9.91. The van der Waals surface area contributed by atoms with Gasteiger partial charge in [0.2, 0.25) is 0 Å². The van der Waals surface area contributed by atoms with Gasteiger partial charge in [0.25, 0.3) is 0 Å². The average molecular weight is 329 g/mol. The highest BCUT2D eigenvalue weighted by molar-refractivity contribution is 5.44. The third-order valence-corrected chi connectivity index (χ3v) is 4.02. The Labute approximate surface area is 144 Å². The molecule has 0 aromatic heterocycles. The summed E-state index contributed by atoms with van der Waals surface area (Å²) in [6, 6.07) is 14.2. The Kier molecular flexibility index (Phi) is 6.94. The number of rotatable bonds is 9. The first-order valence-corrected chi connectivity index (χ1v) is 8.35. The fraction of sp³-hybridized carbons (Fsp3) is 0.400. The molecular weight excluding hydrogens is 302 g/mol. The van der Waals surface area contributed by atoms with E-state index in [-0.39, 0.29) is 5.92 Å². The Morgan fingerprint density at radius 3 is 2.46 bits per heavy atom. The summed E-state index contributed by atoms with van der Waals surface area (Å²) in [5, 5.41) is 0. The highest BCUT2D eigenvalue weighted by Crippen LogP contribution is 2.32. The lowest BCUT2D eigenvalue weighted by Crippen LogP contribution is -2.15. The molecule has 4 nitrogen and oxygen atoms in total. The van der Waals surface area contributed by atoms with E-state index in [1.165, 1.54) is 5.56 Å². The summed E-state index contributed by atoms with van der Waals surface area (Å²) in [5.74, 6) is 2.59. The first kappa shape index (κ1) is 18.1. The zero-order valence-electron chi connectivity index (χ0n) is 14.7. The molecule has 0 spiro atoms. The summed E-state index contributed by atoms with van der Waals surface area (Å²) < 4.78 is 16.4. The first-order valence-electron chi connectivity index (χ1n) is 8.35. The van der Waals surface area contributed by atoms with Gasteiger partial charge in [-0.25, -0.2) is 0 Å². The molecule has 2 N–H and O–H groups in total. The Balaban J connectivity index is 2.17. The van der Waals surface area contributed by atoms with E-state index in [1.54, 1.807) is 14.2 Å². The summed E-state index contributed by atoms with van der Waals surface area (Å²) in [7, 11) is 3.29. The molecule has 0 fully saturated rings. The van der Waals surface area contributed by atoms with Gasteiger partial charge in [0.1, 0.15) is 5.75 Å². The monoisotopic (exact) mass is 329 g/mol. The fourth-order valence-corrected chi connectivity index (χ4v) is 2.71. The SMILES string of the molecule is CCCOc1cccc(CC(CN)c2ccc(OC)c(OC)c2)c1. The van der Waals surface area contributed by atoms with Crippen LogP contribution in [0.15, 0.2) is 42.5 Å². The van der Waals surface area contributed by atoms with Crippen LogP contribution in [-0.4, -0.2) is 27.4 Å². The predicted molar refractivity (Wildman–Crippen MR) is 97.3 cm³/mol. The number of hydrogen-bond acceptors (Lipinski definition) is 4. The van der Waals surface area contributed by atoms with E-state index >= 15 is 0 Å².